The van der Waals surface area contributed by atoms with Gasteiger partial charge in [-0.3, -0.25) is 19.4 Å². The van der Waals surface area contributed by atoms with Gasteiger partial charge in [0.05, 0.1) is 5.69 Å². The molecule has 2 aromatic carbocycles. The number of ketones is 1. The third kappa shape index (κ3) is 3.06. The number of anilines is 1. The molecular weight excluding hydrogens is 351 g/mol. The highest BCUT2D eigenvalue weighted by Gasteiger charge is 2.44. The van der Waals surface area contributed by atoms with Crippen LogP contribution in [0.2, 0.25) is 0 Å². The zero-order valence-corrected chi connectivity index (χ0v) is 14.1. The van der Waals surface area contributed by atoms with Crippen molar-refractivity contribution >= 4 is 23.4 Å². The third-order valence-electron chi connectivity index (χ3n) is 4.34. The maximum atomic E-state index is 13.5. The van der Waals surface area contributed by atoms with E-state index in [1.54, 1.807) is 36.4 Å². The maximum absolute atomic E-state index is 13.5. The minimum Gasteiger partial charge on any atom is -0.292 e. The van der Waals surface area contributed by atoms with E-state index < -0.39 is 23.9 Å². The van der Waals surface area contributed by atoms with Gasteiger partial charge in [-0.05, 0) is 18.2 Å². The van der Waals surface area contributed by atoms with Crippen LogP contribution in [0, 0.1) is 5.82 Å². The van der Waals surface area contributed by atoms with Gasteiger partial charge in [0.25, 0.3) is 5.91 Å². The molecule has 8 heteroatoms. The molecule has 1 saturated heterocycles. The van der Waals surface area contributed by atoms with Crippen LogP contribution < -0.4 is 10.3 Å². The second-order valence-corrected chi connectivity index (χ2v) is 6.08. The highest BCUT2D eigenvalue weighted by atomic mass is 19.1. The van der Waals surface area contributed by atoms with E-state index in [1.807, 2.05) is 0 Å². The first-order valence-electron chi connectivity index (χ1n) is 8.26. The molecule has 1 unspecified atom stereocenters. The molecule has 4 rings (SSSR count). The Kier molecular flexibility index (Phi) is 4.17. The molecule has 3 amide bonds. The summed E-state index contributed by atoms with van der Waals surface area (Å²) in [6.07, 6.45) is 1.84. The number of fused-ring (bicyclic) bond motifs is 1. The highest BCUT2D eigenvalue weighted by Crippen LogP contribution is 2.24. The number of benzene rings is 2. The summed E-state index contributed by atoms with van der Waals surface area (Å²) >= 11 is 0. The summed E-state index contributed by atoms with van der Waals surface area (Å²) < 4.78 is 13.5. The summed E-state index contributed by atoms with van der Waals surface area (Å²) in [6.45, 7) is -0.211. The van der Waals surface area contributed by atoms with Gasteiger partial charge in [0.2, 0.25) is 0 Å². The Hall–Kier alpha value is -3.52. The fourth-order valence-electron chi connectivity index (χ4n) is 2.99. The Morgan fingerprint density at radius 3 is 2.56 bits per heavy atom. The van der Waals surface area contributed by atoms with Crippen LogP contribution in [0.1, 0.15) is 10.4 Å². The number of amides is 3. The molecule has 0 saturated carbocycles. The third-order valence-corrected chi connectivity index (χ3v) is 4.34. The van der Waals surface area contributed by atoms with Crippen molar-refractivity contribution in [3.63, 3.8) is 0 Å². The maximum Gasteiger partial charge on any atom is 0.340 e. The predicted molar refractivity (Wildman–Crippen MR) is 94.7 cm³/mol. The molecule has 2 aliphatic heterocycles. The number of rotatable bonds is 4. The first-order valence-corrected chi connectivity index (χ1v) is 8.26. The Labute approximate surface area is 154 Å². The lowest BCUT2D eigenvalue weighted by atomic mass is 10.1. The van der Waals surface area contributed by atoms with Crippen LogP contribution in [0.3, 0.4) is 0 Å². The second kappa shape index (κ2) is 6.65. The van der Waals surface area contributed by atoms with Crippen LogP contribution in [-0.4, -0.2) is 40.3 Å². The van der Waals surface area contributed by atoms with Crippen molar-refractivity contribution in [1.82, 2.24) is 15.3 Å². The van der Waals surface area contributed by atoms with E-state index in [2.05, 4.69) is 5.43 Å². The van der Waals surface area contributed by atoms with Crippen molar-refractivity contribution in [2.75, 3.05) is 11.4 Å². The summed E-state index contributed by atoms with van der Waals surface area (Å²) in [5.74, 6) is -1.18. The summed E-state index contributed by atoms with van der Waals surface area (Å²) in [4.78, 5) is 40.1. The Morgan fingerprint density at radius 1 is 1.04 bits per heavy atom. The highest BCUT2D eigenvalue weighted by molar-refractivity contribution is 6.04. The van der Waals surface area contributed by atoms with Crippen molar-refractivity contribution in [3.8, 4) is 0 Å². The summed E-state index contributed by atoms with van der Waals surface area (Å²) in [6, 6.07) is 13.7. The van der Waals surface area contributed by atoms with Gasteiger partial charge in [-0.1, -0.05) is 36.4 Å². The van der Waals surface area contributed by atoms with Crippen LogP contribution in [-0.2, 0) is 4.79 Å². The van der Waals surface area contributed by atoms with Crippen LogP contribution in [0.15, 0.2) is 67.0 Å². The van der Waals surface area contributed by atoms with Gasteiger partial charge in [-0.15, -0.1) is 0 Å². The Morgan fingerprint density at radius 2 is 1.81 bits per heavy atom. The quantitative estimate of drug-likeness (QED) is 0.841. The number of urea groups is 1. The molecule has 0 bridgehead atoms. The van der Waals surface area contributed by atoms with Crippen molar-refractivity contribution in [1.29, 1.82) is 0 Å². The van der Waals surface area contributed by atoms with E-state index in [4.69, 9.17) is 0 Å². The van der Waals surface area contributed by atoms with E-state index in [-0.39, 0.29) is 12.3 Å². The predicted octanol–water partition coefficient (Wildman–Crippen LogP) is 2.09. The van der Waals surface area contributed by atoms with Crippen molar-refractivity contribution in [3.05, 3.63) is 78.4 Å². The zero-order valence-electron chi connectivity index (χ0n) is 14.1. The molecule has 27 heavy (non-hydrogen) atoms. The number of Topliss-reactive ketones (excluding diaryl/α,β-unsaturated/α-hetero) is 1. The zero-order chi connectivity index (χ0) is 19.0. The smallest absolute Gasteiger partial charge is 0.292 e. The fourth-order valence-corrected chi connectivity index (χ4v) is 2.99. The van der Waals surface area contributed by atoms with Gasteiger partial charge >= 0.3 is 6.03 Å². The van der Waals surface area contributed by atoms with E-state index in [0.717, 1.165) is 5.01 Å². The van der Waals surface area contributed by atoms with Gasteiger partial charge in [-0.25, -0.2) is 14.2 Å². The van der Waals surface area contributed by atoms with Crippen LogP contribution >= 0.6 is 0 Å². The summed E-state index contributed by atoms with van der Waals surface area (Å²) in [7, 11) is 0. The number of nitrogens with one attached hydrogen (secondary N) is 1. The first-order chi connectivity index (χ1) is 13.0. The van der Waals surface area contributed by atoms with E-state index >= 15 is 0 Å². The SMILES string of the molecule is O=C(CN1NC2C(=O)N(c3cccc(F)c3)C=CN2C1=O)c1ccccc1. The molecule has 0 radical (unpaired) electrons. The fraction of sp³-hybridized carbons (Fsp3) is 0.105. The average Bonchev–Trinajstić information content (AvgIpc) is 2.99. The Bertz CT molecular complexity index is 947. The van der Waals surface area contributed by atoms with Gasteiger partial charge in [-0.2, -0.15) is 5.43 Å². The number of halogens is 1. The lowest BCUT2D eigenvalue weighted by Crippen LogP contribution is -2.52. The van der Waals surface area contributed by atoms with E-state index in [1.165, 1.54) is 40.4 Å². The van der Waals surface area contributed by atoms with Gasteiger partial charge < -0.3 is 0 Å². The van der Waals surface area contributed by atoms with E-state index in [9.17, 15) is 18.8 Å². The van der Waals surface area contributed by atoms with Gasteiger partial charge in [0.1, 0.15) is 12.4 Å². The van der Waals surface area contributed by atoms with Gasteiger partial charge in [0.15, 0.2) is 11.9 Å². The minimum absolute atomic E-state index is 0.211. The molecule has 0 aliphatic carbocycles. The molecule has 1 N–H and O–H groups in total. The van der Waals surface area contributed by atoms with Crippen LogP contribution in [0.25, 0.3) is 0 Å². The van der Waals surface area contributed by atoms with Gasteiger partial charge in [0, 0.05) is 18.0 Å². The topological polar surface area (TPSA) is 73.0 Å². The largest absolute Gasteiger partial charge is 0.340 e. The lowest BCUT2D eigenvalue weighted by Gasteiger charge is -2.29. The standard InChI is InChI=1S/C19H15FN4O3/c20-14-7-4-8-15(11-14)22-9-10-23-17(18(22)26)21-24(19(23)27)12-16(25)13-5-2-1-3-6-13/h1-11,17,21H,12H2. The molecule has 2 heterocycles. The molecule has 2 aliphatic rings. The second-order valence-electron chi connectivity index (χ2n) is 6.08. The van der Waals surface area contributed by atoms with Crippen molar-refractivity contribution in [2.45, 2.75) is 6.17 Å². The van der Waals surface area contributed by atoms with E-state index in [0.29, 0.717) is 11.3 Å². The molecular formula is C19H15FN4O3. The summed E-state index contributed by atoms with van der Waals surface area (Å²) in [5.41, 5.74) is 3.58. The number of carbonyl (C=O) groups is 3. The molecule has 0 spiro atoms. The molecule has 0 aromatic heterocycles. The van der Waals surface area contributed by atoms with Crippen LogP contribution in [0.4, 0.5) is 14.9 Å². The normalized spacial score (nSPS) is 18.9. The minimum atomic E-state index is -0.991. The first kappa shape index (κ1) is 16.9. The van der Waals surface area contributed by atoms with Crippen LogP contribution in [0.5, 0.6) is 0 Å². The lowest BCUT2D eigenvalue weighted by molar-refractivity contribution is -0.122. The number of carbonyl (C=O) groups excluding carboxylic acids is 3. The summed E-state index contributed by atoms with van der Waals surface area (Å²) in [5, 5.41) is 1.11. The molecule has 7 nitrogen and oxygen atoms in total. The molecule has 2 aromatic rings. The number of hydrogen-bond acceptors (Lipinski definition) is 4. The Balaban J connectivity index is 1.52. The molecule has 136 valence electrons. The number of hydrogen-bond donors (Lipinski definition) is 1. The molecule has 1 fully saturated rings. The number of nitrogens with zero attached hydrogens (tertiary/aromatic N) is 3. The van der Waals surface area contributed by atoms with Crippen molar-refractivity contribution in [2.24, 2.45) is 0 Å². The monoisotopic (exact) mass is 366 g/mol. The van der Waals surface area contributed by atoms with Crippen molar-refractivity contribution < 1.29 is 18.8 Å². The average molecular weight is 366 g/mol. The number of hydrazine groups is 1. The molecule has 1 atom stereocenters.